The van der Waals surface area contributed by atoms with Gasteiger partial charge in [-0.3, -0.25) is 19.3 Å². The Morgan fingerprint density at radius 1 is 0.967 bits per heavy atom. The monoisotopic (exact) mass is 532 g/mol. The van der Waals surface area contributed by atoms with E-state index >= 15 is 0 Å². The van der Waals surface area contributed by atoms with E-state index in [-0.39, 0.29) is 39.2 Å². The molecule has 4 atom stereocenters. The highest BCUT2D eigenvalue weighted by molar-refractivity contribution is 9.12. The van der Waals surface area contributed by atoms with E-state index in [0.717, 1.165) is 17.7 Å². The molecule has 2 fully saturated rings. The van der Waals surface area contributed by atoms with E-state index in [2.05, 4.69) is 37.2 Å². The van der Waals surface area contributed by atoms with Gasteiger partial charge in [0, 0.05) is 20.9 Å². The number of amides is 3. The molecule has 2 aromatic carbocycles. The van der Waals surface area contributed by atoms with Crippen LogP contribution < -0.4 is 10.2 Å². The Kier molecular flexibility index (Phi) is 6.11. The van der Waals surface area contributed by atoms with Crippen molar-refractivity contribution in [2.24, 2.45) is 11.8 Å². The fraction of sp³-hybridized carbons (Fsp3) is 0.348. The van der Waals surface area contributed by atoms with Crippen LogP contribution in [0.2, 0.25) is 0 Å². The average Bonchev–Trinajstić information content (AvgIpc) is 2.98. The third kappa shape index (κ3) is 3.85. The van der Waals surface area contributed by atoms with Crippen molar-refractivity contribution in [2.45, 2.75) is 35.8 Å². The summed E-state index contributed by atoms with van der Waals surface area (Å²) in [4.78, 5) is 40.1. The predicted molar refractivity (Wildman–Crippen MR) is 124 cm³/mol. The molecule has 1 saturated carbocycles. The first-order chi connectivity index (χ1) is 14.4. The second-order valence-electron chi connectivity index (χ2n) is 7.74. The van der Waals surface area contributed by atoms with Crippen LogP contribution in [0.3, 0.4) is 0 Å². The molecular formula is C23H22Br2N2O3. The average molecular weight is 534 g/mol. The van der Waals surface area contributed by atoms with Crippen molar-refractivity contribution in [3.63, 3.8) is 0 Å². The third-order valence-corrected chi connectivity index (χ3v) is 8.68. The van der Waals surface area contributed by atoms with Crippen LogP contribution >= 0.6 is 31.9 Å². The van der Waals surface area contributed by atoms with E-state index in [9.17, 15) is 14.4 Å². The van der Waals surface area contributed by atoms with Gasteiger partial charge < -0.3 is 5.32 Å². The van der Waals surface area contributed by atoms with Gasteiger partial charge in [0.15, 0.2) is 0 Å². The lowest BCUT2D eigenvalue weighted by molar-refractivity contribution is -0.122. The van der Waals surface area contributed by atoms with E-state index in [1.807, 2.05) is 31.2 Å². The second kappa shape index (κ2) is 8.63. The number of carbonyl (C=O) groups is 3. The summed E-state index contributed by atoms with van der Waals surface area (Å²) in [6.45, 7) is 2.04. The smallest absolute Gasteiger partial charge is 0.255 e. The Morgan fingerprint density at radius 2 is 1.53 bits per heavy atom. The first kappa shape index (κ1) is 21.2. The molecule has 1 N–H and O–H groups in total. The Hall–Kier alpha value is -1.99. The molecule has 2 aromatic rings. The van der Waals surface area contributed by atoms with Crippen LogP contribution in [-0.2, 0) is 16.0 Å². The summed E-state index contributed by atoms with van der Waals surface area (Å²) in [5.41, 5.74) is 2.84. The van der Waals surface area contributed by atoms with Crippen molar-refractivity contribution in [1.82, 2.24) is 0 Å². The number of alkyl halides is 2. The van der Waals surface area contributed by atoms with Gasteiger partial charge in [-0.15, -0.1) is 0 Å². The van der Waals surface area contributed by atoms with Crippen LogP contribution in [0.5, 0.6) is 0 Å². The van der Waals surface area contributed by atoms with Gasteiger partial charge in [0.25, 0.3) is 5.91 Å². The van der Waals surface area contributed by atoms with Crippen LogP contribution in [0.4, 0.5) is 11.4 Å². The molecule has 0 unspecified atom stereocenters. The fourth-order valence-corrected chi connectivity index (χ4v) is 5.49. The van der Waals surface area contributed by atoms with Gasteiger partial charge >= 0.3 is 0 Å². The lowest BCUT2D eigenvalue weighted by Crippen LogP contribution is -2.34. The summed E-state index contributed by atoms with van der Waals surface area (Å²) in [6, 6.07) is 14.3. The number of anilines is 2. The summed E-state index contributed by atoms with van der Waals surface area (Å²) in [5.74, 6) is -1.10. The summed E-state index contributed by atoms with van der Waals surface area (Å²) < 4.78 is 0. The molecule has 0 spiro atoms. The number of nitrogens with one attached hydrogen (secondary N) is 1. The van der Waals surface area contributed by atoms with Crippen LogP contribution in [0.25, 0.3) is 0 Å². The Labute approximate surface area is 192 Å². The van der Waals surface area contributed by atoms with Gasteiger partial charge in [-0.1, -0.05) is 57.0 Å². The summed E-state index contributed by atoms with van der Waals surface area (Å²) in [6.07, 6.45) is 2.10. The van der Waals surface area contributed by atoms with Gasteiger partial charge in [0.2, 0.25) is 11.8 Å². The maximum atomic E-state index is 12.9. The van der Waals surface area contributed by atoms with Crippen molar-refractivity contribution >= 4 is 61.0 Å². The molecule has 0 aromatic heterocycles. The molecule has 1 heterocycles. The number of imide groups is 1. The molecule has 0 bridgehead atoms. The van der Waals surface area contributed by atoms with E-state index in [4.69, 9.17) is 0 Å². The molecule has 156 valence electrons. The van der Waals surface area contributed by atoms with Crippen LogP contribution in [0, 0.1) is 11.8 Å². The van der Waals surface area contributed by atoms with Crippen molar-refractivity contribution in [3.8, 4) is 0 Å². The van der Waals surface area contributed by atoms with E-state index in [0.29, 0.717) is 24.1 Å². The van der Waals surface area contributed by atoms with Crippen molar-refractivity contribution in [1.29, 1.82) is 0 Å². The zero-order valence-electron chi connectivity index (χ0n) is 16.5. The van der Waals surface area contributed by atoms with Gasteiger partial charge in [0.05, 0.1) is 17.5 Å². The zero-order chi connectivity index (χ0) is 21.4. The number of hydrogen-bond acceptors (Lipinski definition) is 3. The van der Waals surface area contributed by atoms with E-state index < -0.39 is 0 Å². The molecule has 2 aliphatic rings. The van der Waals surface area contributed by atoms with Crippen LogP contribution in [-0.4, -0.2) is 27.4 Å². The second-order valence-corrected chi connectivity index (χ2v) is 10.1. The predicted octanol–water partition coefficient (Wildman–Crippen LogP) is 4.93. The molecule has 5 nitrogen and oxygen atoms in total. The van der Waals surface area contributed by atoms with Crippen molar-refractivity contribution < 1.29 is 14.4 Å². The van der Waals surface area contributed by atoms with Crippen LogP contribution in [0.1, 0.15) is 35.7 Å². The number of nitrogens with zero attached hydrogens (tertiary/aromatic N) is 1. The molecule has 1 saturated heterocycles. The van der Waals surface area contributed by atoms with Gasteiger partial charge in [-0.2, -0.15) is 0 Å². The number of carbonyl (C=O) groups excluding carboxylic acids is 3. The highest BCUT2D eigenvalue weighted by atomic mass is 79.9. The molecule has 3 amide bonds. The van der Waals surface area contributed by atoms with E-state index in [1.54, 1.807) is 24.3 Å². The lowest BCUT2D eigenvalue weighted by atomic mass is 9.81. The number of rotatable bonds is 4. The van der Waals surface area contributed by atoms with Crippen molar-refractivity contribution in [2.75, 3.05) is 10.2 Å². The first-order valence-corrected chi connectivity index (χ1v) is 11.9. The highest BCUT2D eigenvalue weighted by Gasteiger charge is 2.52. The van der Waals surface area contributed by atoms with E-state index in [1.165, 1.54) is 4.90 Å². The zero-order valence-corrected chi connectivity index (χ0v) is 19.6. The quantitative estimate of drug-likeness (QED) is 0.447. The maximum absolute atomic E-state index is 12.9. The molecule has 0 radical (unpaired) electrons. The normalized spacial score (nSPS) is 25.9. The molecule has 4 rings (SSSR count). The van der Waals surface area contributed by atoms with Crippen molar-refractivity contribution in [3.05, 3.63) is 59.7 Å². The number of aryl methyl sites for hydroxylation is 1. The summed E-state index contributed by atoms with van der Waals surface area (Å²) in [7, 11) is 0. The number of fused-ring (bicyclic) bond motifs is 1. The standard InChI is InChI=1S/C23H22Br2N2O3/c1-2-13-5-3-4-6-20(13)26-21(28)14-7-9-15(10-8-14)27-22(29)16-11-18(24)19(25)12-17(16)23(27)30/h3-10,16-19H,2,11-12H2,1H3,(H,26,28)/t16-,17+,18+,19-. The summed E-state index contributed by atoms with van der Waals surface area (Å²) >= 11 is 7.21. The Morgan fingerprint density at radius 3 is 2.10 bits per heavy atom. The molecule has 7 heteroatoms. The number of halogens is 2. The fourth-order valence-electron chi connectivity index (χ4n) is 4.26. The molecule has 30 heavy (non-hydrogen) atoms. The SMILES string of the molecule is CCc1ccccc1NC(=O)c1ccc(N2C(=O)[C@H]3C[C@@H](Br)[C@@H](Br)C[C@H]3C2=O)cc1. The summed E-state index contributed by atoms with van der Waals surface area (Å²) in [5, 5.41) is 2.94. The highest BCUT2D eigenvalue weighted by Crippen LogP contribution is 2.44. The topological polar surface area (TPSA) is 66.5 Å². The minimum Gasteiger partial charge on any atom is -0.322 e. The lowest BCUT2D eigenvalue weighted by Gasteiger charge is -2.29. The third-order valence-electron chi connectivity index (χ3n) is 5.95. The van der Waals surface area contributed by atoms with Crippen LogP contribution in [0.15, 0.2) is 48.5 Å². The minimum atomic E-state index is -0.288. The maximum Gasteiger partial charge on any atom is 0.255 e. The number of hydrogen-bond donors (Lipinski definition) is 1. The first-order valence-electron chi connectivity index (χ1n) is 10.1. The Bertz CT molecular complexity index is 964. The molecular weight excluding hydrogens is 512 g/mol. The number of benzene rings is 2. The van der Waals surface area contributed by atoms with Gasteiger partial charge in [0.1, 0.15) is 0 Å². The van der Waals surface area contributed by atoms with Gasteiger partial charge in [-0.25, -0.2) is 0 Å². The largest absolute Gasteiger partial charge is 0.322 e. The minimum absolute atomic E-state index is 0.150. The molecule has 1 aliphatic heterocycles. The Balaban J connectivity index is 1.51. The van der Waals surface area contributed by atoms with Gasteiger partial charge in [-0.05, 0) is 55.2 Å². The number of para-hydroxylation sites is 1. The molecule has 1 aliphatic carbocycles.